The van der Waals surface area contributed by atoms with Gasteiger partial charge in [0.15, 0.2) is 0 Å². The van der Waals surface area contributed by atoms with Gasteiger partial charge in [0.2, 0.25) is 0 Å². The molecule has 0 amide bonds. The van der Waals surface area contributed by atoms with Crippen LogP contribution in [0.25, 0.3) is 0 Å². The fraction of sp³-hybridized carbons (Fsp3) is 0.385. The summed E-state index contributed by atoms with van der Waals surface area (Å²) in [6.45, 7) is 2.54. The highest BCUT2D eigenvalue weighted by molar-refractivity contribution is 5.91. The summed E-state index contributed by atoms with van der Waals surface area (Å²) in [7, 11) is 0. The topological polar surface area (TPSA) is 38.7 Å². The Labute approximate surface area is 95.2 Å². The van der Waals surface area contributed by atoms with E-state index in [1.54, 1.807) is 6.21 Å². The number of carbonyl (C=O) groups excluding carboxylic acids is 1. The third-order valence-corrected chi connectivity index (χ3v) is 2.75. The van der Waals surface area contributed by atoms with E-state index in [1.165, 1.54) is 0 Å². The fourth-order valence-electron chi connectivity index (χ4n) is 1.70. The highest BCUT2D eigenvalue weighted by Gasteiger charge is 2.24. The number of benzene rings is 1. The van der Waals surface area contributed by atoms with Crippen LogP contribution in [-0.2, 0) is 9.53 Å². The van der Waals surface area contributed by atoms with E-state index in [0.717, 1.165) is 12.0 Å². The van der Waals surface area contributed by atoms with E-state index in [2.05, 4.69) is 4.99 Å². The van der Waals surface area contributed by atoms with Gasteiger partial charge in [0.25, 0.3) is 0 Å². The zero-order valence-electron chi connectivity index (χ0n) is 9.30. The van der Waals surface area contributed by atoms with Gasteiger partial charge >= 0.3 is 5.97 Å². The number of cyclic esters (lactones) is 1. The van der Waals surface area contributed by atoms with E-state index < -0.39 is 0 Å². The molecule has 0 N–H and O–H groups in total. The van der Waals surface area contributed by atoms with Gasteiger partial charge in [-0.05, 0) is 18.9 Å². The van der Waals surface area contributed by atoms with Crippen molar-refractivity contribution in [1.82, 2.24) is 0 Å². The van der Waals surface area contributed by atoms with Gasteiger partial charge in [-0.15, -0.1) is 0 Å². The second-order valence-corrected chi connectivity index (χ2v) is 3.95. The summed E-state index contributed by atoms with van der Waals surface area (Å²) >= 11 is 0. The van der Waals surface area contributed by atoms with E-state index in [9.17, 15) is 4.79 Å². The summed E-state index contributed by atoms with van der Waals surface area (Å²) in [5, 5.41) is 0. The molecule has 16 heavy (non-hydrogen) atoms. The van der Waals surface area contributed by atoms with Crippen LogP contribution in [0.5, 0.6) is 0 Å². The van der Waals surface area contributed by atoms with Crippen molar-refractivity contribution in [2.75, 3.05) is 6.61 Å². The lowest BCUT2D eigenvalue weighted by Crippen LogP contribution is -2.09. The van der Waals surface area contributed by atoms with Gasteiger partial charge in [0.05, 0.1) is 18.6 Å². The van der Waals surface area contributed by atoms with Gasteiger partial charge in [-0.3, -0.25) is 9.79 Å². The van der Waals surface area contributed by atoms with Crippen LogP contribution in [0, 0.1) is 5.92 Å². The average molecular weight is 217 g/mol. The molecule has 1 saturated heterocycles. The molecular weight excluding hydrogens is 202 g/mol. The molecule has 3 nitrogen and oxygen atoms in total. The second-order valence-electron chi connectivity index (χ2n) is 3.95. The molecule has 1 heterocycles. The summed E-state index contributed by atoms with van der Waals surface area (Å²) in [5.41, 5.74) is 1.16. The molecule has 1 aromatic rings. The Kier molecular flexibility index (Phi) is 3.34. The SMILES string of the molecule is CC(N=CC1CCOC1=O)c1ccccc1. The minimum absolute atomic E-state index is 0.0922. The lowest BCUT2D eigenvalue weighted by atomic mass is 10.1. The first-order valence-corrected chi connectivity index (χ1v) is 5.52. The molecule has 0 saturated carbocycles. The fourth-order valence-corrected chi connectivity index (χ4v) is 1.70. The molecule has 0 radical (unpaired) electrons. The first-order valence-electron chi connectivity index (χ1n) is 5.52. The number of rotatable bonds is 3. The summed E-state index contributed by atoms with van der Waals surface area (Å²) in [5.74, 6) is -0.296. The molecule has 1 aromatic carbocycles. The first kappa shape index (κ1) is 10.9. The quantitative estimate of drug-likeness (QED) is 0.576. The van der Waals surface area contributed by atoms with E-state index >= 15 is 0 Å². The van der Waals surface area contributed by atoms with Crippen molar-refractivity contribution >= 4 is 12.2 Å². The van der Waals surface area contributed by atoms with E-state index in [-0.39, 0.29) is 17.9 Å². The third-order valence-electron chi connectivity index (χ3n) is 2.75. The Hall–Kier alpha value is -1.64. The molecule has 2 unspecified atom stereocenters. The molecule has 0 aromatic heterocycles. The van der Waals surface area contributed by atoms with Crippen molar-refractivity contribution in [1.29, 1.82) is 0 Å². The number of nitrogens with zero attached hydrogens (tertiary/aromatic N) is 1. The van der Waals surface area contributed by atoms with Crippen molar-refractivity contribution in [3.05, 3.63) is 35.9 Å². The van der Waals surface area contributed by atoms with Gasteiger partial charge in [-0.25, -0.2) is 0 Å². The van der Waals surface area contributed by atoms with Crippen molar-refractivity contribution in [2.24, 2.45) is 10.9 Å². The number of esters is 1. The number of aliphatic imine (C=N–C) groups is 1. The highest BCUT2D eigenvalue weighted by atomic mass is 16.5. The number of hydrogen-bond donors (Lipinski definition) is 0. The summed E-state index contributed by atoms with van der Waals surface area (Å²) < 4.78 is 4.87. The maximum Gasteiger partial charge on any atom is 0.314 e. The van der Waals surface area contributed by atoms with Crippen LogP contribution in [0.15, 0.2) is 35.3 Å². The minimum atomic E-state index is -0.149. The maximum absolute atomic E-state index is 11.2. The standard InChI is InChI=1S/C13H15NO2/c1-10(11-5-3-2-4-6-11)14-9-12-7-8-16-13(12)15/h2-6,9-10,12H,7-8H2,1H3. The zero-order chi connectivity index (χ0) is 11.4. The van der Waals surface area contributed by atoms with Crippen LogP contribution >= 0.6 is 0 Å². The molecule has 1 fully saturated rings. The molecule has 0 spiro atoms. The Morgan fingerprint density at radius 2 is 2.19 bits per heavy atom. The molecule has 2 atom stereocenters. The van der Waals surface area contributed by atoms with Crippen molar-refractivity contribution < 1.29 is 9.53 Å². The molecule has 1 aliphatic heterocycles. The molecule has 1 aliphatic rings. The summed E-state index contributed by atoms with van der Waals surface area (Å²) in [6, 6.07) is 10.1. The monoisotopic (exact) mass is 217 g/mol. The van der Waals surface area contributed by atoms with Crippen LogP contribution in [0.2, 0.25) is 0 Å². The zero-order valence-corrected chi connectivity index (χ0v) is 9.30. The minimum Gasteiger partial charge on any atom is -0.465 e. The van der Waals surface area contributed by atoms with Gasteiger partial charge < -0.3 is 4.74 Å². The maximum atomic E-state index is 11.2. The van der Waals surface area contributed by atoms with Crippen molar-refractivity contribution in [3.63, 3.8) is 0 Å². The Bertz CT molecular complexity index is 386. The molecular formula is C13H15NO2. The molecule has 2 rings (SSSR count). The predicted octanol–water partition coefficient (Wildman–Crippen LogP) is 2.38. The van der Waals surface area contributed by atoms with Crippen molar-refractivity contribution in [2.45, 2.75) is 19.4 Å². The van der Waals surface area contributed by atoms with Gasteiger partial charge in [0, 0.05) is 6.21 Å². The van der Waals surface area contributed by atoms with Gasteiger partial charge in [-0.1, -0.05) is 30.3 Å². The lowest BCUT2D eigenvalue weighted by molar-refractivity contribution is -0.139. The van der Waals surface area contributed by atoms with E-state index in [0.29, 0.717) is 6.61 Å². The Morgan fingerprint density at radius 3 is 2.81 bits per heavy atom. The van der Waals surface area contributed by atoms with Crippen LogP contribution < -0.4 is 0 Å². The third kappa shape index (κ3) is 2.48. The highest BCUT2D eigenvalue weighted by Crippen LogP contribution is 2.18. The smallest absolute Gasteiger partial charge is 0.314 e. The van der Waals surface area contributed by atoms with Gasteiger partial charge in [-0.2, -0.15) is 0 Å². The Balaban J connectivity index is 1.99. The Morgan fingerprint density at radius 1 is 1.44 bits per heavy atom. The number of ether oxygens (including phenoxy) is 1. The molecule has 0 bridgehead atoms. The predicted molar refractivity (Wildman–Crippen MR) is 62.4 cm³/mol. The molecule has 3 heteroatoms. The van der Waals surface area contributed by atoms with E-state index in [4.69, 9.17) is 4.74 Å². The molecule has 0 aliphatic carbocycles. The molecule has 84 valence electrons. The normalized spacial score (nSPS) is 22.3. The van der Waals surface area contributed by atoms with E-state index in [1.807, 2.05) is 37.3 Å². The van der Waals surface area contributed by atoms with Crippen LogP contribution in [-0.4, -0.2) is 18.8 Å². The van der Waals surface area contributed by atoms with Crippen molar-refractivity contribution in [3.8, 4) is 0 Å². The van der Waals surface area contributed by atoms with Crippen LogP contribution in [0.1, 0.15) is 24.9 Å². The lowest BCUT2D eigenvalue weighted by Gasteiger charge is -2.06. The van der Waals surface area contributed by atoms with Crippen LogP contribution in [0.3, 0.4) is 0 Å². The largest absolute Gasteiger partial charge is 0.465 e. The average Bonchev–Trinajstić information content (AvgIpc) is 2.73. The number of carbonyl (C=O) groups is 1. The summed E-state index contributed by atoms with van der Waals surface area (Å²) in [4.78, 5) is 15.6. The van der Waals surface area contributed by atoms with Gasteiger partial charge in [0.1, 0.15) is 0 Å². The first-order chi connectivity index (χ1) is 7.77. The van der Waals surface area contributed by atoms with Crippen LogP contribution in [0.4, 0.5) is 0 Å². The summed E-state index contributed by atoms with van der Waals surface area (Å²) in [6.07, 6.45) is 2.48. The number of hydrogen-bond acceptors (Lipinski definition) is 3. The second kappa shape index (κ2) is 4.92.